The first-order valence-corrected chi connectivity index (χ1v) is 9.94. The van der Waals surface area contributed by atoms with Crippen LogP contribution in [0, 0.1) is 18.8 Å². The lowest BCUT2D eigenvalue weighted by atomic mass is 9.87. The number of nitrogens with zero attached hydrogens (tertiary/aromatic N) is 1. The van der Waals surface area contributed by atoms with E-state index in [1.54, 1.807) is 12.1 Å². The van der Waals surface area contributed by atoms with Gasteiger partial charge in [-0.1, -0.05) is 6.07 Å². The number of benzene rings is 1. The molecule has 2 fully saturated rings. The van der Waals surface area contributed by atoms with Crippen LogP contribution in [-0.2, 0) is 14.8 Å². The predicted molar refractivity (Wildman–Crippen MR) is 91.0 cm³/mol. The highest BCUT2D eigenvalue weighted by molar-refractivity contribution is 7.89. The number of primary sulfonamides is 1. The molecule has 128 valence electrons. The third-order valence-corrected chi connectivity index (χ3v) is 5.93. The largest absolute Gasteiger partial charge is 0.381 e. The monoisotopic (exact) mass is 338 g/mol. The Hall–Kier alpha value is -1.11. The Morgan fingerprint density at radius 2 is 2.13 bits per heavy atom. The average molecular weight is 338 g/mol. The van der Waals surface area contributed by atoms with Gasteiger partial charge in [0.15, 0.2) is 0 Å². The predicted octanol–water partition coefficient (Wildman–Crippen LogP) is 2.29. The van der Waals surface area contributed by atoms with Crippen molar-refractivity contribution in [3.05, 3.63) is 23.8 Å². The van der Waals surface area contributed by atoms with Crippen molar-refractivity contribution in [3.8, 4) is 0 Å². The molecular weight excluding hydrogens is 312 g/mol. The summed E-state index contributed by atoms with van der Waals surface area (Å²) in [5.74, 6) is 1.26. The van der Waals surface area contributed by atoms with Crippen LogP contribution in [0.5, 0.6) is 0 Å². The Labute approximate surface area is 138 Å². The molecule has 5 nitrogen and oxygen atoms in total. The summed E-state index contributed by atoms with van der Waals surface area (Å²) in [5.41, 5.74) is 1.82. The number of aryl methyl sites for hydroxylation is 1. The number of ether oxygens (including phenoxy) is 1. The molecule has 0 amide bonds. The van der Waals surface area contributed by atoms with Gasteiger partial charge in [0, 0.05) is 26.3 Å². The van der Waals surface area contributed by atoms with Crippen LogP contribution in [0.3, 0.4) is 0 Å². The van der Waals surface area contributed by atoms with Gasteiger partial charge in [0.25, 0.3) is 0 Å². The maximum absolute atomic E-state index is 11.9. The Kier molecular flexibility index (Phi) is 4.94. The fourth-order valence-corrected chi connectivity index (χ4v) is 4.57. The molecule has 2 unspecified atom stereocenters. The molecule has 2 atom stereocenters. The molecule has 0 saturated carbocycles. The normalized spacial score (nSPS) is 25.7. The topological polar surface area (TPSA) is 72.6 Å². The van der Waals surface area contributed by atoms with E-state index in [0.717, 1.165) is 50.4 Å². The van der Waals surface area contributed by atoms with Crippen molar-refractivity contribution in [2.75, 3.05) is 31.2 Å². The fourth-order valence-electron chi connectivity index (χ4n) is 3.83. The van der Waals surface area contributed by atoms with E-state index in [4.69, 9.17) is 9.88 Å². The zero-order chi connectivity index (χ0) is 16.4. The first kappa shape index (κ1) is 16.7. The Morgan fingerprint density at radius 3 is 2.83 bits per heavy atom. The van der Waals surface area contributed by atoms with Gasteiger partial charge in [0.2, 0.25) is 10.0 Å². The van der Waals surface area contributed by atoms with Gasteiger partial charge in [-0.25, -0.2) is 13.6 Å². The summed E-state index contributed by atoms with van der Waals surface area (Å²) in [5, 5.41) is 5.41. The molecule has 0 aromatic heterocycles. The first-order valence-electron chi connectivity index (χ1n) is 8.39. The number of hydrogen-bond acceptors (Lipinski definition) is 4. The summed E-state index contributed by atoms with van der Waals surface area (Å²) in [6.07, 6.45) is 4.64. The van der Waals surface area contributed by atoms with Gasteiger partial charge in [0.1, 0.15) is 4.90 Å². The van der Waals surface area contributed by atoms with Gasteiger partial charge in [-0.05, 0) is 62.1 Å². The van der Waals surface area contributed by atoms with E-state index >= 15 is 0 Å². The number of piperidine rings is 1. The first-order chi connectivity index (χ1) is 10.9. The van der Waals surface area contributed by atoms with Crippen LogP contribution in [0.4, 0.5) is 5.69 Å². The average Bonchev–Trinajstić information content (AvgIpc) is 2.99. The van der Waals surface area contributed by atoms with Gasteiger partial charge in [-0.2, -0.15) is 0 Å². The van der Waals surface area contributed by atoms with Crippen molar-refractivity contribution in [2.45, 2.75) is 37.5 Å². The van der Waals surface area contributed by atoms with Crippen LogP contribution in [0.25, 0.3) is 0 Å². The fraction of sp³-hybridized carbons (Fsp3) is 0.647. The molecule has 23 heavy (non-hydrogen) atoms. The molecule has 2 heterocycles. The van der Waals surface area contributed by atoms with E-state index < -0.39 is 10.0 Å². The second-order valence-electron chi connectivity index (χ2n) is 6.94. The molecule has 1 aromatic rings. The molecule has 2 aliphatic rings. The molecular formula is C17H26N2O3S. The summed E-state index contributed by atoms with van der Waals surface area (Å²) in [4.78, 5) is 2.45. The maximum atomic E-state index is 11.9. The Morgan fingerprint density at radius 1 is 1.30 bits per heavy atom. The number of hydrogen-bond donors (Lipinski definition) is 1. The smallest absolute Gasteiger partial charge is 0.240 e. The molecule has 1 aromatic carbocycles. The summed E-state index contributed by atoms with van der Waals surface area (Å²) < 4.78 is 29.3. The van der Waals surface area contributed by atoms with E-state index in [-0.39, 0.29) is 4.90 Å². The minimum atomic E-state index is -3.70. The van der Waals surface area contributed by atoms with Crippen LogP contribution in [-0.4, -0.2) is 34.7 Å². The zero-order valence-corrected chi connectivity index (χ0v) is 14.5. The summed E-state index contributed by atoms with van der Waals surface area (Å²) in [7, 11) is -3.70. The third-order valence-electron chi connectivity index (χ3n) is 4.97. The van der Waals surface area contributed by atoms with Gasteiger partial charge >= 0.3 is 0 Å². The Bertz CT molecular complexity index is 654. The van der Waals surface area contributed by atoms with Crippen LogP contribution >= 0.6 is 0 Å². The minimum Gasteiger partial charge on any atom is -0.381 e. The second kappa shape index (κ2) is 6.79. The standard InChI is InChI=1S/C17H26N2O3S/c1-13-4-5-17(23(18,20)21)16(9-13)19-7-2-3-14(11-19)10-15-6-8-22-12-15/h4-5,9,14-15H,2-3,6-8,10-12H2,1H3,(H2,18,20,21). The molecule has 2 N–H and O–H groups in total. The van der Waals surface area contributed by atoms with Gasteiger partial charge < -0.3 is 9.64 Å². The van der Waals surface area contributed by atoms with Crippen molar-refractivity contribution in [3.63, 3.8) is 0 Å². The van der Waals surface area contributed by atoms with Crippen LogP contribution < -0.4 is 10.0 Å². The molecule has 0 bridgehead atoms. The van der Waals surface area contributed by atoms with Crippen molar-refractivity contribution in [1.82, 2.24) is 0 Å². The summed E-state index contributed by atoms with van der Waals surface area (Å²) >= 11 is 0. The van der Waals surface area contributed by atoms with Crippen molar-refractivity contribution >= 4 is 15.7 Å². The highest BCUT2D eigenvalue weighted by atomic mass is 32.2. The molecule has 2 saturated heterocycles. The van der Waals surface area contributed by atoms with Gasteiger partial charge in [0.05, 0.1) is 5.69 Å². The lowest BCUT2D eigenvalue weighted by Crippen LogP contribution is -2.37. The lowest BCUT2D eigenvalue weighted by Gasteiger charge is -2.36. The van der Waals surface area contributed by atoms with Crippen molar-refractivity contribution in [1.29, 1.82) is 0 Å². The Balaban J connectivity index is 1.79. The summed E-state index contributed by atoms with van der Waals surface area (Å²) in [6.45, 7) is 5.54. The SMILES string of the molecule is Cc1ccc(S(N)(=O)=O)c(N2CCCC(CC3CCOC3)C2)c1. The second-order valence-corrected chi connectivity index (χ2v) is 8.47. The van der Waals surface area contributed by atoms with E-state index in [1.165, 1.54) is 12.8 Å². The number of sulfonamides is 1. The number of rotatable bonds is 4. The van der Waals surface area contributed by atoms with Crippen LogP contribution in [0.15, 0.2) is 23.1 Å². The third kappa shape index (κ3) is 4.05. The van der Waals surface area contributed by atoms with Crippen LogP contribution in [0.2, 0.25) is 0 Å². The molecule has 2 aliphatic heterocycles. The van der Waals surface area contributed by atoms with Gasteiger partial charge in [-0.3, -0.25) is 0 Å². The van der Waals surface area contributed by atoms with E-state index in [0.29, 0.717) is 11.8 Å². The zero-order valence-electron chi connectivity index (χ0n) is 13.7. The van der Waals surface area contributed by atoms with Crippen molar-refractivity contribution in [2.24, 2.45) is 17.0 Å². The lowest BCUT2D eigenvalue weighted by molar-refractivity contribution is 0.178. The van der Waals surface area contributed by atoms with E-state index in [1.807, 2.05) is 13.0 Å². The molecule has 0 aliphatic carbocycles. The molecule has 0 spiro atoms. The number of nitrogens with two attached hydrogens (primary N) is 1. The molecule has 0 radical (unpaired) electrons. The van der Waals surface area contributed by atoms with E-state index in [9.17, 15) is 8.42 Å². The molecule has 6 heteroatoms. The quantitative estimate of drug-likeness (QED) is 0.914. The van der Waals surface area contributed by atoms with Crippen molar-refractivity contribution < 1.29 is 13.2 Å². The van der Waals surface area contributed by atoms with E-state index in [2.05, 4.69) is 4.90 Å². The van der Waals surface area contributed by atoms with Gasteiger partial charge in [-0.15, -0.1) is 0 Å². The summed E-state index contributed by atoms with van der Waals surface area (Å²) in [6, 6.07) is 5.38. The molecule has 3 rings (SSSR count). The highest BCUT2D eigenvalue weighted by Crippen LogP contribution is 2.33. The minimum absolute atomic E-state index is 0.243. The van der Waals surface area contributed by atoms with Crippen LogP contribution in [0.1, 0.15) is 31.2 Å². The number of anilines is 1. The maximum Gasteiger partial charge on any atom is 0.240 e. The highest BCUT2D eigenvalue weighted by Gasteiger charge is 2.27.